The van der Waals surface area contributed by atoms with Crippen LogP contribution in [0, 0.1) is 11.6 Å². The van der Waals surface area contributed by atoms with Crippen molar-refractivity contribution in [1.29, 1.82) is 0 Å². The molecule has 1 saturated heterocycles. The first-order valence-corrected chi connectivity index (χ1v) is 8.96. The van der Waals surface area contributed by atoms with E-state index in [-0.39, 0.29) is 0 Å². The molecule has 2 aromatic carbocycles. The highest BCUT2D eigenvalue weighted by atomic mass is 19.1. The van der Waals surface area contributed by atoms with Crippen molar-refractivity contribution in [2.75, 3.05) is 13.1 Å². The van der Waals surface area contributed by atoms with Gasteiger partial charge in [0.05, 0.1) is 5.60 Å². The molecular weight excluding hydrogens is 320 g/mol. The number of piperidine rings is 1. The van der Waals surface area contributed by atoms with E-state index in [2.05, 4.69) is 17.0 Å². The number of β-amino-alcohol motifs (C(OH)–C–C–N with tert-alkyl or cyclic N) is 1. The van der Waals surface area contributed by atoms with Gasteiger partial charge in [0.15, 0.2) is 0 Å². The van der Waals surface area contributed by atoms with Gasteiger partial charge < -0.3 is 5.11 Å². The number of hydrogen-bond donors (Lipinski definition) is 1. The van der Waals surface area contributed by atoms with Crippen LogP contribution in [-0.2, 0) is 13.0 Å². The summed E-state index contributed by atoms with van der Waals surface area (Å²) in [5.41, 5.74) is 1.19. The number of halogens is 2. The zero-order chi connectivity index (χ0) is 17.7. The van der Waals surface area contributed by atoms with E-state index in [1.165, 1.54) is 17.7 Å². The summed E-state index contributed by atoms with van der Waals surface area (Å²) < 4.78 is 26.5. The van der Waals surface area contributed by atoms with Crippen molar-refractivity contribution in [3.05, 3.63) is 71.3 Å². The summed E-state index contributed by atoms with van der Waals surface area (Å²) in [7, 11) is 0. The lowest BCUT2D eigenvalue weighted by Gasteiger charge is -2.39. The Bertz CT molecular complexity index is 671. The fourth-order valence-corrected chi connectivity index (χ4v) is 3.76. The Morgan fingerprint density at radius 3 is 2.44 bits per heavy atom. The van der Waals surface area contributed by atoms with Gasteiger partial charge in [-0.25, -0.2) is 8.78 Å². The van der Waals surface area contributed by atoms with E-state index in [0.29, 0.717) is 24.9 Å². The van der Waals surface area contributed by atoms with Crippen LogP contribution in [-0.4, -0.2) is 28.7 Å². The van der Waals surface area contributed by atoms with E-state index >= 15 is 0 Å². The maximum atomic E-state index is 13.2. The first-order valence-electron chi connectivity index (χ1n) is 8.96. The molecule has 1 aliphatic rings. The fraction of sp³-hybridized carbons (Fsp3) is 0.429. The fourth-order valence-electron chi connectivity index (χ4n) is 3.76. The lowest BCUT2D eigenvalue weighted by Crippen LogP contribution is -2.47. The average Bonchev–Trinajstić information content (AvgIpc) is 2.55. The summed E-state index contributed by atoms with van der Waals surface area (Å²) in [5.74, 6) is -1.08. The maximum Gasteiger partial charge on any atom is 0.126 e. The molecule has 0 aromatic heterocycles. The van der Waals surface area contributed by atoms with Crippen molar-refractivity contribution in [1.82, 2.24) is 4.90 Å². The highest BCUT2D eigenvalue weighted by molar-refractivity contribution is 5.18. The van der Waals surface area contributed by atoms with Gasteiger partial charge in [0.25, 0.3) is 0 Å². The van der Waals surface area contributed by atoms with Crippen LogP contribution < -0.4 is 0 Å². The van der Waals surface area contributed by atoms with Gasteiger partial charge in [-0.1, -0.05) is 30.3 Å². The van der Waals surface area contributed by atoms with Crippen molar-refractivity contribution in [3.63, 3.8) is 0 Å². The third kappa shape index (κ3) is 5.35. The van der Waals surface area contributed by atoms with Gasteiger partial charge in [-0.15, -0.1) is 0 Å². The zero-order valence-corrected chi connectivity index (χ0v) is 14.4. The van der Waals surface area contributed by atoms with Crippen molar-refractivity contribution in [3.8, 4) is 0 Å². The number of aliphatic hydroxyl groups is 1. The topological polar surface area (TPSA) is 23.5 Å². The van der Waals surface area contributed by atoms with Gasteiger partial charge >= 0.3 is 0 Å². The Balaban J connectivity index is 1.52. The summed E-state index contributed by atoms with van der Waals surface area (Å²) in [5, 5.41) is 10.9. The third-order valence-electron chi connectivity index (χ3n) is 4.91. The average molecular weight is 345 g/mol. The van der Waals surface area contributed by atoms with Gasteiger partial charge in [-0.2, -0.15) is 0 Å². The van der Waals surface area contributed by atoms with Gasteiger partial charge in [-0.05, 0) is 61.9 Å². The minimum atomic E-state index is -0.709. The molecule has 1 atom stereocenters. The van der Waals surface area contributed by atoms with Crippen LogP contribution in [0.25, 0.3) is 0 Å². The summed E-state index contributed by atoms with van der Waals surface area (Å²) in [6.45, 7) is 2.49. The Hall–Kier alpha value is -1.78. The minimum Gasteiger partial charge on any atom is -0.389 e. The van der Waals surface area contributed by atoms with E-state index < -0.39 is 17.2 Å². The Morgan fingerprint density at radius 1 is 1.00 bits per heavy atom. The lowest BCUT2D eigenvalue weighted by molar-refractivity contribution is -0.0404. The van der Waals surface area contributed by atoms with Crippen LogP contribution in [0.3, 0.4) is 0 Å². The molecular formula is C21H25F2NO. The molecule has 3 rings (SSSR count). The van der Waals surface area contributed by atoms with Crippen LogP contribution in [0.15, 0.2) is 48.5 Å². The quantitative estimate of drug-likeness (QED) is 0.843. The van der Waals surface area contributed by atoms with Crippen LogP contribution in [0.2, 0.25) is 0 Å². The zero-order valence-electron chi connectivity index (χ0n) is 14.4. The van der Waals surface area contributed by atoms with Crippen molar-refractivity contribution in [2.24, 2.45) is 0 Å². The molecule has 0 spiro atoms. The first kappa shape index (κ1) is 18.0. The molecule has 1 N–H and O–H groups in total. The molecule has 0 saturated carbocycles. The van der Waals surface area contributed by atoms with E-state index in [1.807, 2.05) is 18.2 Å². The van der Waals surface area contributed by atoms with Crippen LogP contribution in [0.4, 0.5) is 8.78 Å². The Labute approximate surface area is 148 Å². The molecule has 1 aliphatic heterocycles. The molecule has 0 bridgehead atoms. The summed E-state index contributed by atoms with van der Waals surface area (Å²) in [6, 6.07) is 13.9. The third-order valence-corrected chi connectivity index (χ3v) is 4.91. The SMILES string of the molecule is OC1(CCCc2cc(F)cc(F)c2)CCCN(Cc2ccccc2)C1. The molecule has 1 unspecified atom stereocenters. The number of aryl methyl sites for hydroxylation is 1. The van der Waals surface area contributed by atoms with Gasteiger partial charge in [0.1, 0.15) is 11.6 Å². The Morgan fingerprint density at radius 2 is 1.72 bits per heavy atom. The molecule has 0 amide bonds. The van der Waals surface area contributed by atoms with Crippen molar-refractivity contribution < 1.29 is 13.9 Å². The second-order valence-electron chi connectivity index (χ2n) is 7.16. The number of benzene rings is 2. The van der Waals surface area contributed by atoms with Gasteiger partial charge in [0.2, 0.25) is 0 Å². The molecule has 25 heavy (non-hydrogen) atoms. The van der Waals surface area contributed by atoms with E-state index in [0.717, 1.165) is 38.4 Å². The van der Waals surface area contributed by atoms with Crippen LogP contribution in [0.1, 0.15) is 36.8 Å². The van der Waals surface area contributed by atoms with Crippen LogP contribution >= 0.6 is 0 Å². The standard InChI is InChI=1S/C21H25F2NO/c22-19-12-18(13-20(23)14-19)8-4-9-21(25)10-5-11-24(16-21)15-17-6-2-1-3-7-17/h1-3,6-7,12-14,25H,4-5,8-11,15-16H2. The number of nitrogens with zero attached hydrogens (tertiary/aromatic N) is 1. The molecule has 134 valence electrons. The normalized spacial score (nSPS) is 21.4. The molecule has 0 radical (unpaired) electrons. The predicted octanol–water partition coefficient (Wildman–Crippen LogP) is 4.31. The van der Waals surface area contributed by atoms with Gasteiger partial charge in [0, 0.05) is 19.2 Å². The molecule has 1 heterocycles. The summed E-state index contributed by atoms with van der Waals surface area (Å²) in [4.78, 5) is 2.29. The second-order valence-corrected chi connectivity index (χ2v) is 7.16. The van der Waals surface area contributed by atoms with Crippen LogP contribution in [0.5, 0.6) is 0 Å². The van der Waals surface area contributed by atoms with E-state index in [4.69, 9.17) is 0 Å². The van der Waals surface area contributed by atoms with E-state index in [1.54, 1.807) is 0 Å². The summed E-state index contributed by atoms with van der Waals surface area (Å²) >= 11 is 0. The van der Waals surface area contributed by atoms with Gasteiger partial charge in [-0.3, -0.25) is 4.90 Å². The smallest absolute Gasteiger partial charge is 0.126 e. The monoisotopic (exact) mass is 345 g/mol. The minimum absolute atomic E-state index is 0.541. The number of rotatable bonds is 6. The summed E-state index contributed by atoms with van der Waals surface area (Å²) in [6.07, 6.45) is 3.71. The molecule has 4 heteroatoms. The Kier molecular flexibility index (Phi) is 5.82. The molecule has 1 fully saturated rings. The van der Waals surface area contributed by atoms with E-state index in [9.17, 15) is 13.9 Å². The predicted molar refractivity (Wildman–Crippen MR) is 95.2 cm³/mol. The molecule has 2 nitrogen and oxygen atoms in total. The first-order chi connectivity index (χ1) is 12.0. The highest BCUT2D eigenvalue weighted by Crippen LogP contribution is 2.27. The molecule has 2 aromatic rings. The van der Waals surface area contributed by atoms with Crippen molar-refractivity contribution in [2.45, 2.75) is 44.2 Å². The molecule has 0 aliphatic carbocycles. The number of likely N-dealkylation sites (tertiary alicyclic amines) is 1. The lowest BCUT2D eigenvalue weighted by atomic mass is 9.87. The largest absolute Gasteiger partial charge is 0.389 e. The maximum absolute atomic E-state index is 13.2. The second kappa shape index (κ2) is 8.07. The highest BCUT2D eigenvalue weighted by Gasteiger charge is 2.32. The van der Waals surface area contributed by atoms with Crippen molar-refractivity contribution >= 4 is 0 Å². The number of hydrogen-bond acceptors (Lipinski definition) is 2.